The molecule has 0 spiro atoms. The van der Waals surface area contributed by atoms with E-state index in [1.807, 2.05) is 45.4 Å². The van der Waals surface area contributed by atoms with Crippen LogP contribution in [0.1, 0.15) is 59.1 Å². The molecule has 0 atom stereocenters. The number of imidazole rings is 1. The minimum Gasteiger partial charge on any atom is -0.444 e. The van der Waals surface area contributed by atoms with Crippen molar-refractivity contribution >= 4 is 23.7 Å². The maximum absolute atomic E-state index is 12.5. The number of nitrogens with zero attached hydrogens (tertiary/aromatic N) is 5. The van der Waals surface area contributed by atoms with Crippen molar-refractivity contribution in [3.8, 4) is 0 Å². The molecule has 2 rings (SSSR count). The number of urea groups is 1. The van der Waals surface area contributed by atoms with E-state index in [-0.39, 0.29) is 31.1 Å². The minimum atomic E-state index is -0.583. The smallest absolute Gasteiger partial charge is 0.410 e. The summed E-state index contributed by atoms with van der Waals surface area (Å²) in [7, 11) is 3.12. The highest BCUT2D eigenvalue weighted by Gasteiger charge is 2.37. The van der Waals surface area contributed by atoms with Gasteiger partial charge >= 0.3 is 12.1 Å². The number of likely N-dealkylation sites (N-methyl/N-ethyl adjacent to an activating group) is 1. The zero-order valence-electron chi connectivity index (χ0n) is 18.5. The molecule has 9 nitrogen and oxygen atoms in total. The maximum Gasteiger partial charge on any atom is 0.410 e. The van der Waals surface area contributed by atoms with Gasteiger partial charge in [0.05, 0.1) is 17.9 Å². The molecular formula is C20H31N5O4. The van der Waals surface area contributed by atoms with Gasteiger partial charge in [-0.1, -0.05) is 6.08 Å². The largest absolute Gasteiger partial charge is 0.444 e. The van der Waals surface area contributed by atoms with Gasteiger partial charge in [0.2, 0.25) is 5.91 Å². The predicted molar refractivity (Wildman–Crippen MR) is 109 cm³/mol. The fraction of sp³-hybridized carbons (Fsp3) is 0.600. The number of rotatable bonds is 5. The van der Waals surface area contributed by atoms with Crippen LogP contribution < -0.4 is 0 Å². The Morgan fingerprint density at radius 2 is 1.97 bits per heavy atom. The topological polar surface area (TPSA) is 88.0 Å². The van der Waals surface area contributed by atoms with E-state index in [4.69, 9.17) is 4.74 Å². The van der Waals surface area contributed by atoms with Crippen molar-refractivity contribution in [1.82, 2.24) is 24.3 Å². The summed E-state index contributed by atoms with van der Waals surface area (Å²) in [5.74, 6) is 0.313. The number of imide groups is 1. The van der Waals surface area contributed by atoms with Gasteiger partial charge in [-0.05, 0) is 41.5 Å². The molecule has 0 radical (unpaired) electrons. The van der Waals surface area contributed by atoms with Gasteiger partial charge in [0.1, 0.15) is 12.1 Å². The molecule has 29 heavy (non-hydrogen) atoms. The molecule has 9 heteroatoms. The fourth-order valence-corrected chi connectivity index (χ4v) is 2.94. The molecule has 1 aliphatic heterocycles. The molecule has 0 N–H and O–H groups in total. The van der Waals surface area contributed by atoms with E-state index < -0.39 is 11.7 Å². The van der Waals surface area contributed by atoms with Crippen LogP contribution in [0.5, 0.6) is 0 Å². The second-order valence-electron chi connectivity index (χ2n) is 8.39. The summed E-state index contributed by atoms with van der Waals surface area (Å²) in [4.78, 5) is 45.3. The van der Waals surface area contributed by atoms with Gasteiger partial charge in [0.15, 0.2) is 5.82 Å². The lowest BCUT2D eigenvalue weighted by molar-refractivity contribution is -0.124. The van der Waals surface area contributed by atoms with Crippen LogP contribution >= 0.6 is 0 Å². The summed E-state index contributed by atoms with van der Waals surface area (Å²) >= 11 is 0. The van der Waals surface area contributed by atoms with E-state index >= 15 is 0 Å². The Kier molecular flexibility index (Phi) is 6.40. The number of hydrogen-bond acceptors (Lipinski definition) is 5. The molecule has 1 saturated heterocycles. The highest BCUT2D eigenvalue weighted by Crippen LogP contribution is 2.26. The molecule has 4 amide bonds. The van der Waals surface area contributed by atoms with Crippen molar-refractivity contribution in [1.29, 1.82) is 0 Å². The van der Waals surface area contributed by atoms with Gasteiger partial charge in [-0.25, -0.2) is 14.6 Å². The number of aromatic nitrogens is 2. The third kappa shape index (κ3) is 4.96. The molecule has 1 fully saturated rings. The Labute approximate surface area is 171 Å². The summed E-state index contributed by atoms with van der Waals surface area (Å²) in [6, 6.07) is -0.312. The molecular weight excluding hydrogens is 374 g/mol. The molecule has 0 bridgehead atoms. The number of amides is 4. The van der Waals surface area contributed by atoms with Crippen molar-refractivity contribution in [2.24, 2.45) is 0 Å². The molecule has 0 saturated carbocycles. The van der Waals surface area contributed by atoms with Gasteiger partial charge in [0, 0.05) is 26.3 Å². The molecule has 160 valence electrons. The second kappa shape index (κ2) is 8.26. The van der Waals surface area contributed by atoms with Crippen molar-refractivity contribution in [3.05, 3.63) is 23.8 Å². The zero-order valence-corrected chi connectivity index (χ0v) is 18.5. The molecule has 1 aromatic heterocycles. The summed E-state index contributed by atoms with van der Waals surface area (Å²) < 4.78 is 7.32. The molecule has 2 heterocycles. The van der Waals surface area contributed by atoms with Gasteiger partial charge < -0.3 is 14.2 Å². The van der Waals surface area contributed by atoms with Crippen LogP contribution in [0.15, 0.2) is 12.3 Å². The van der Waals surface area contributed by atoms with Gasteiger partial charge in [-0.15, -0.1) is 0 Å². The van der Waals surface area contributed by atoms with Crippen LogP contribution in [0.25, 0.3) is 5.70 Å². The van der Waals surface area contributed by atoms with Gasteiger partial charge in [-0.2, -0.15) is 0 Å². The highest BCUT2D eigenvalue weighted by molar-refractivity contribution is 6.05. The van der Waals surface area contributed by atoms with Gasteiger partial charge in [-0.3, -0.25) is 14.6 Å². The van der Waals surface area contributed by atoms with Crippen LogP contribution in [0.4, 0.5) is 9.59 Å². The highest BCUT2D eigenvalue weighted by atomic mass is 16.6. The minimum absolute atomic E-state index is 0.0207. The third-order valence-corrected chi connectivity index (χ3v) is 4.42. The standard InChI is InChI=1S/C20H31N5O4/c1-9-15(25-12-16(26)23(8)18(25)27)17-21-14(11-24(17)13(2)3)10-22(7)19(28)29-20(4,5)6/h9,11,13H,10,12H2,1-8H3/b15-9+. The Balaban J connectivity index is 2.32. The second-order valence-corrected chi connectivity index (χ2v) is 8.39. The first kappa shape index (κ1) is 22.4. The van der Waals surface area contributed by atoms with Crippen molar-refractivity contribution in [2.75, 3.05) is 20.6 Å². The average Bonchev–Trinajstić information content (AvgIpc) is 3.12. The van der Waals surface area contributed by atoms with Crippen LogP contribution in [-0.4, -0.2) is 68.5 Å². The first-order chi connectivity index (χ1) is 13.4. The summed E-state index contributed by atoms with van der Waals surface area (Å²) in [5.41, 5.74) is 0.640. The molecule has 1 aliphatic rings. The van der Waals surface area contributed by atoms with Crippen molar-refractivity contribution < 1.29 is 19.1 Å². The Hall–Kier alpha value is -2.84. The van der Waals surface area contributed by atoms with Crippen molar-refractivity contribution in [3.63, 3.8) is 0 Å². The summed E-state index contributed by atoms with van der Waals surface area (Å²) in [6.45, 7) is 11.5. The quantitative estimate of drug-likeness (QED) is 0.703. The van der Waals surface area contributed by atoms with E-state index in [2.05, 4.69) is 4.98 Å². The zero-order chi connectivity index (χ0) is 22.1. The number of carbonyl (C=O) groups excluding carboxylic acids is 3. The molecule has 1 aromatic rings. The lowest BCUT2D eigenvalue weighted by atomic mass is 10.2. The first-order valence-corrected chi connectivity index (χ1v) is 9.62. The molecule has 0 aromatic carbocycles. The van der Waals surface area contributed by atoms with Crippen molar-refractivity contribution in [2.45, 2.75) is 59.7 Å². The third-order valence-electron chi connectivity index (χ3n) is 4.42. The summed E-state index contributed by atoms with van der Waals surface area (Å²) in [5, 5.41) is 0. The van der Waals surface area contributed by atoms with Crippen LogP contribution in [0.3, 0.4) is 0 Å². The van der Waals surface area contributed by atoms with E-state index in [1.165, 1.54) is 16.8 Å². The fourth-order valence-electron chi connectivity index (χ4n) is 2.94. The van der Waals surface area contributed by atoms with Crippen LogP contribution in [-0.2, 0) is 16.1 Å². The van der Waals surface area contributed by atoms with Gasteiger partial charge in [0.25, 0.3) is 0 Å². The summed E-state index contributed by atoms with van der Waals surface area (Å²) in [6.07, 6.45) is 3.19. The van der Waals surface area contributed by atoms with E-state index in [0.29, 0.717) is 17.2 Å². The number of ether oxygens (including phenoxy) is 1. The lowest BCUT2D eigenvalue weighted by Crippen LogP contribution is -2.33. The number of allylic oxidation sites excluding steroid dienone is 1. The Bertz CT molecular complexity index is 834. The van der Waals surface area contributed by atoms with E-state index in [0.717, 1.165) is 4.90 Å². The normalized spacial score (nSPS) is 15.6. The Morgan fingerprint density at radius 1 is 1.34 bits per heavy atom. The first-order valence-electron chi connectivity index (χ1n) is 9.62. The van der Waals surface area contributed by atoms with E-state index in [9.17, 15) is 14.4 Å². The Morgan fingerprint density at radius 3 is 2.41 bits per heavy atom. The molecule has 0 unspecified atom stereocenters. The molecule has 0 aliphatic carbocycles. The van der Waals surface area contributed by atoms with Crippen LogP contribution in [0, 0.1) is 0 Å². The number of hydrogen-bond donors (Lipinski definition) is 0. The maximum atomic E-state index is 12.5. The number of carbonyl (C=O) groups is 3. The predicted octanol–water partition coefficient (Wildman–Crippen LogP) is 3.09. The van der Waals surface area contributed by atoms with Crippen LogP contribution in [0.2, 0.25) is 0 Å². The monoisotopic (exact) mass is 405 g/mol. The SMILES string of the molecule is C/C=C(\c1nc(CN(C)C(=O)OC(C)(C)C)cn1C(C)C)N1CC(=O)N(C)C1=O. The van der Waals surface area contributed by atoms with E-state index in [1.54, 1.807) is 20.0 Å². The lowest BCUT2D eigenvalue weighted by Gasteiger charge is -2.24. The average molecular weight is 405 g/mol.